The number of carboxylic acids is 1. The van der Waals surface area contributed by atoms with Gasteiger partial charge >= 0.3 is 5.97 Å². The highest BCUT2D eigenvalue weighted by atomic mass is 32.2. The Morgan fingerprint density at radius 3 is 2.45 bits per heavy atom. The smallest absolute Gasteiger partial charge is 0.330 e. The van der Waals surface area contributed by atoms with Crippen LogP contribution in [-0.4, -0.2) is 30.3 Å². The number of anilines is 1. The molecule has 0 aliphatic heterocycles. The summed E-state index contributed by atoms with van der Waals surface area (Å²) in [5.41, 5.74) is -1.88. The Kier molecular flexibility index (Phi) is 4.77. The van der Waals surface area contributed by atoms with Crippen molar-refractivity contribution >= 4 is 28.6 Å². The van der Waals surface area contributed by atoms with Gasteiger partial charge in [0.2, 0.25) is 0 Å². The molecule has 120 valence electrons. The molecule has 0 bridgehead atoms. The molecule has 1 saturated carbocycles. The summed E-state index contributed by atoms with van der Waals surface area (Å²) in [4.78, 5) is 22.0. The predicted octanol–water partition coefficient (Wildman–Crippen LogP) is 1.98. The molecule has 1 N–H and O–H groups in total. The highest BCUT2D eigenvalue weighted by molar-refractivity contribution is 7.80. The molecule has 1 fully saturated rings. The zero-order valence-electron chi connectivity index (χ0n) is 11.6. The Hall–Kier alpha value is -2.00. The fraction of sp³-hybridized carbons (Fsp3) is 0.462. The molecular weight excluding hydrogens is 312 g/mol. The lowest BCUT2D eigenvalue weighted by Crippen LogP contribution is -2.56. The van der Waals surface area contributed by atoms with E-state index < -0.39 is 27.7 Å². The van der Waals surface area contributed by atoms with Crippen molar-refractivity contribution in [1.82, 2.24) is 0 Å². The topological polar surface area (TPSA) is 124 Å². The number of carboxylic acid groups (broad SMARTS) is 1. The number of non-ortho nitro benzene ring substituents is 1. The van der Waals surface area contributed by atoms with E-state index in [0.717, 1.165) is 16.8 Å². The van der Waals surface area contributed by atoms with Crippen molar-refractivity contribution < 1.29 is 23.6 Å². The van der Waals surface area contributed by atoms with Crippen molar-refractivity contribution in [3.05, 3.63) is 34.4 Å². The fourth-order valence-corrected chi connectivity index (χ4v) is 3.68. The van der Waals surface area contributed by atoms with Crippen LogP contribution in [0.2, 0.25) is 0 Å². The van der Waals surface area contributed by atoms with E-state index >= 15 is 0 Å². The van der Waals surface area contributed by atoms with Crippen LogP contribution in [0, 0.1) is 10.1 Å². The lowest BCUT2D eigenvalue weighted by Gasteiger charge is -2.44. The van der Waals surface area contributed by atoms with Crippen LogP contribution < -0.4 is 4.31 Å². The van der Waals surface area contributed by atoms with Crippen molar-refractivity contribution in [3.8, 4) is 0 Å². The number of hydrogen-bond acceptors (Lipinski definition) is 5. The Bertz CT molecular complexity index is 614. The second kappa shape index (κ2) is 6.41. The molecule has 0 radical (unpaired) electrons. The minimum absolute atomic E-state index is 0.00756. The molecular formula is C13H15N2O6S-. The first kappa shape index (κ1) is 16.4. The van der Waals surface area contributed by atoms with Gasteiger partial charge < -0.3 is 9.66 Å². The van der Waals surface area contributed by atoms with Crippen LogP contribution in [0.1, 0.15) is 32.1 Å². The lowest BCUT2D eigenvalue weighted by atomic mass is 9.81. The number of carbonyl (C=O) groups is 1. The van der Waals surface area contributed by atoms with Crippen molar-refractivity contribution in [2.75, 3.05) is 4.31 Å². The molecule has 0 amide bonds. The molecule has 1 aliphatic carbocycles. The molecule has 1 atom stereocenters. The summed E-state index contributed by atoms with van der Waals surface area (Å²) < 4.78 is 24.1. The summed E-state index contributed by atoms with van der Waals surface area (Å²) >= 11 is -2.85. The quantitative estimate of drug-likeness (QED) is 0.501. The first-order chi connectivity index (χ1) is 10.4. The van der Waals surface area contributed by atoms with Gasteiger partial charge in [0.1, 0.15) is 5.54 Å². The molecule has 2 rings (SSSR count). The maximum absolute atomic E-state index is 11.8. The van der Waals surface area contributed by atoms with E-state index in [2.05, 4.69) is 0 Å². The minimum Gasteiger partial charge on any atom is -0.755 e. The zero-order chi connectivity index (χ0) is 16.3. The normalized spacial score (nSPS) is 18.4. The molecule has 8 nitrogen and oxygen atoms in total. The molecule has 0 aromatic heterocycles. The van der Waals surface area contributed by atoms with Gasteiger partial charge in [-0.3, -0.25) is 18.6 Å². The number of nitrogens with zero attached hydrogens (tertiary/aromatic N) is 2. The summed E-state index contributed by atoms with van der Waals surface area (Å²) in [6.07, 6.45) is 2.38. The van der Waals surface area contributed by atoms with Crippen LogP contribution in [0.5, 0.6) is 0 Å². The van der Waals surface area contributed by atoms with Gasteiger partial charge in [-0.15, -0.1) is 0 Å². The summed E-state index contributed by atoms with van der Waals surface area (Å²) in [7, 11) is 0. The Morgan fingerprint density at radius 2 is 1.95 bits per heavy atom. The molecule has 1 aromatic rings. The fourth-order valence-electron chi connectivity index (χ4n) is 2.85. The zero-order valence-corrected chi connectivity index (χ0v) is 12.5. The third kappa shape index (κ3) is 2.95. The van der Waals surface area contributed by atoms with Gasteiger partial charge in [-0.25, -0.2) is 4.79 Å². The SMILES string of the molecule is O=C(O)C1(N(c2cccc([N+](=O)[O-])c2)S(=O)[O-])CCCCC1. The molecule has 0 saturated heterocycles. The summed E-state index contributed by atoms with van der Waals surface area (Å²) in [6, 6.07) is 5.01. The molecule has 0 spiro atoms. The molecule has 0 heterocycles. The van der Waals surface area contributed by atoms with Gasteiger partial charge in [0, 0.05) is 23.4 Å². The van der Waals surface area contributed by atoms with Gasteiger partial charge in [0.15, 0.2) is 0 Å². The van der Waals surface area contributed by atoms with Crippen LogP contribution in [-0.2, 0) is 16.1 Å². The van der Waals surface area contributed by atoms with Gasteiger partial charge in [-0.1, -0.05) is 25.3 Å². The van der Waals surface area contributed by atoms with E-state index in [1.165, 1.54) is 18.2 Å². The van der Waals surface area contributed by atoms with Gasteiger partial charge in [-0.2, -0.15) is 0 Å². The molecule has 9 heteroatoms. The monoisotopic (exact) mass is 327 g/mol. The van der Waals surface area contributed by atoms with Gasteiger partial charge in [0.25, 0.3) is 5.69 Å². The number of aliphatic carboxylic acids is 1. The van der Waals surface area contributed by atoms with Gasteiger partial charge in [0.05, 0.1) is 10.6 Å². The van der Waals surface area contributed by atoms with E-state index in [0.29, 0.717) is 12.8 Å². The summed E-state index contributed by atoms with van der Waals surface area (Å²) in [5.74, 6) is -1.23. The third-order valence-electron chi connectivity index (χ3n) is 3.89. The number of nitro groups is 1. The highest BCUT2D eigenvalue weighted by Crippen LogP contribution is 2.38. The maximum atomic E-state index is 11.8. The maximum Gasteiger partial charge on any atom is 0.330 e. The van der Waals surface area contributed by atoms with E-state index in [9.17, 15) is 28.8 Å². The predicted molar refractivity (Wildman–Crippen MR) is 77.9 cm³/mol. The van der Waals surface area contributed by atoms with Crippen LogP contribution in [0.15, 0.2) is 24.3 Å². The molecule has 1 unspecified atom stereocenters. The first-order valence-corrected chi connectivity index (χ1v) is 7.79. The third-order valence-corrected chi connectivity index (χ3v) is 4.75. The average Bonchev–Trinajstić information content (AvgIpc) is 2.48. The largest absolute Gasteiger partial charge is 0.755 e. The van der Waals surface area contributed by atoms with E-state index in [4.69, 9.17) is 0 Å². The van der Waals surface area contributed by atoms with Crippen molar-refractivity contribution in [2.24, 2.45) is 0 Å². The highest BCUT2D eigenvalue weighted by Gasteiger charge is 2.46. The molecule has 1 aliphatic rings. The first-order valence-electron chi connectivity index (χ1n) is 6.76. The van der Waals surface area contributed by atoms with Crippen LogP contribution in [0.4, 0.5) is 11.4 Å². The second-order valence-corrected chi connectivity index (χ2v) is 5.99. The summed E-state index contributed by atoms with van der Waals surface area (Å²) in [6.45, 7) is 0. The lowest BCUT2D eigenvalue weighted by molar-refractivity contribution is -0.384. The van der Waals surface area contributed by atoms with Crippen LogP contribution in [0.3, 0.4) is 0 Å². The van der Waals surface area contributed by atoms with E-state index in [1.54, 1.807) is 0 Å². The molecule has 22 heavy (non-hydrogen) atoms. The second-order valence-electron chi connectivity index (χ2n) is 5.19. The van der Waals surface area contributed by atoms with Crippen LogP contribution in [0.25, 0.3) is 0 Å². The van der Waals surface area contributed by atoms with Crippen molar-refractivity contribution in [2.45, 2.75) is 37.6 Å². The summed E-state index contributed by atoms with van der Waals surface area (Å²) in [5, 5.41) is 20.5. The van der Waals surface area contributed by atoms with Gasteiger partial charge in [-0.05, 0) is 18.9 Å². The standard InChI is InChI=1S/C13H16N2O6S/c16-12(17)13(7-2-1-3-8-13)14(22(20)21)10-5-4-6-11(9-10)15(18)19/h4-6,9H,1-3,7-8H2,(H,16,17)(H,20,21)/p-1. The minimum atomic E-state index is -2.85. The number of rotatable bonds is 5. The number of nitro benzene ring substituents is 1. The Balaban J connectivity index is 2.53. The Labute approximate surface area is 129 Å². The van der Waals surface area contributed by atoms with E-state index in [-0.39, 0.29) is 24.2 Å². The Morgan fingerprint density at radius 1 is 1.32 bits per heavy atom. The van der Waals surface area contributed by atoms with Crippen molar-refractivity contribution in [3.63, 3.8) is 0 Å². The van der Waals surface area contributed by atoms with Crippen LogP contribution >= 0.6 is 0 Å². The van der Waals surface area contributed by atoms with E-state index in [1.807, 2.05) is 0 Å². The average molecular weight is 327 g/mol. The number of benzene rings is 1. The van der Waals surface area contributed by atoms with Crippen molar-refractivity contribution in [1.29, 1.82) is 0 Å². The molecule has 1 aromatic carbocycles. The number of hydrogen-bond donors (Lipinski definition) is 1.